The second kappa shape index (κ2) is 3.71. The summed E-state index contributed by atoms with van der Waals surface area (Å²) < 4.78 is 4.71. The molecule has 3 heteroatoms. The van der Waals surface area contributed by atoms with Gasteiger partial charge in [0.2, 0.25) is 0 Å². The second-order valence-electron chi connectivity index (χ2n) is 2.03. The van der Waals surface area contributed by atoms with Crippen molar-refractivity contribution >= 4 is 5.97 Å². The minimum absolute atomic E-state index is 0.229. The van der Waals surface area contributed by atoms with Crippen molar-refractivity contribution in [3.63, 3.8) is 0 Å². The number of pyridine rings is 1. The molecule has 0 aliphatic rings. The third-order valence-electron chi connectivity index (χ3n) is 1.08. The summed E-state index contributed by atoms with van der Waals surface area (Å²) in [6, 6.07) is 6.21. The van der Waals surface area contributed by atoms with Gasteiger partial charge in [0.1, 0.15) is 6.61 Å². The van der Waals surface area contributed by atoms with Gasteiger partial charge in [-0.25, -0.2) is 0 Å². The zero-order valence-corrected chi connectivity index (χ0v) is 6.20. The Kier molecular flexibility index (Phi) is 2.60. The summed E-state index contributed by atoms with van der Waals surface area (Å²) in [7, 11) is 0. The molecule has 0 bridgehead atoms. The van der Waals surface area contributed by atoms with Crippen molar-refractivity contribution in [1.29, 1.82) is 0 Å². The molecule has 1 aromatic rings. The summed E-state index contributed by atoms with van der Waals surface area (Å²) in [5.74, 6) is -0.296. The quantitative estimate of drug-likeness (QED) is 0.589. The molecule has 0 aliphatic carbocycles. The van der Waals surface area contributed by atoms with Crippen LogP contribution in [0.25, 0.3) is 0 Å². The maximum absolute atomic E-state index is 10.4. The molecule has 57 valence electrons. The fourth-order valence-corrected chi connectivity index (χ4v) is 0.612. The first-order chi connectivity index (χ1) is 5.29. The van der Waals surface area contributed by atoms with E-state index in [2.05, 4.69) is 11.1 Å². The van der Waals surface area contributed by atoms with Crippen molar-refractivity contribution in [2.75, 3.05) is 0 Å². The Morgan fingerprint density at radius 3 is 3.18 bits per heavy atom. The number of esters is 1. The Morgan fingerprint density at radius 2 is 2.64 bits per heavy atom. The standard InChI is InChI=1S/C8H8NO2/c1-7(10)11-6-8-4-2-3-5-9-8/h3-5H,6H2,1H3. The zero-order valence-electron chi connectivity index (χ0n) is 6.20. The molecule has 11 heavy (non-hydrogen) atoms. The van der Waals surface area contributed by atoms with Crippen molar-refractivity contribution in [3.8, 4) is 0 Å². The average Bonchev–Trinajstić information content (AvgIpc) is 2.03. The zero-order chi connectivity index (χ0) is 8.10. The van der Waals surface area contributed by atoms with Crippen LogP contribution in [0.15, 0.2) is 18.3 Å². The lowest BCUT2D eigenvalue weighted by molar-refractivity contribution is -0.142. The third-order valence-corrected chi connectivity index (χ3v) is 1.08. The number of carbonyl (C=O) groups excluding carboxylic acids is 1. The van der Waals surface area contributed by atoms with E-state index in [9.17, 15) is 4.79 Å². The lowest BCUT2D eigenvalue weighted by atomic mass is 10.4. The molecule has 0 amide bonds. The van der Waals surface area contributed by atoms with Crippen LogP contribution in [0.2, 0.25) is 0 Å². The highest BCUT2D eigenvalue weighted by Crippen LogP contribution is 1.94. The molecule has 0 fully saturated rings. The molecule has 1 radical (unpaired) electrons. The predicted molar refractivity (Wildman–Crippen MR) is 38.5 cm³/mol. The van der Waals surface area contributed by atoms with Gasteiger partial charge in [-0.05, 0) is 18.2 Å². The molecular weight excluding hydrogens is 142 g/mol. The molecule has 0 aliphatic heterocycles. The first kappa shape index (κ1) is 7.72. The van der Waals surface area contributed by atoms with Crippen LogP contribution in [0.5, 0.6) is 0 Å². The maximum atomic E-state index is 10.4. The number of aromatic nitrogens is 1. The summed E-state index contributed by atoms with van der Waals surface area (Å²) in [6.45, 7) is 1.60. The summed E-state index contributed by atoms with van der Waals surface area (Å²) in [5.41, 5.74) is 0.711. The normalized spacial score (nSPS) is 9.18. The van der Waals surface area contributed by atoms with Crippen molar-refractivity contribution in [2.24, 2.45) is 0 Å². The van der Waals surface area contributed by atoms with Crippen LogP contribution in [0.4, 0.5) is 0 Å². The largest absolute Gasteiger partial charge is 0.459 e. The van der Waals surface area contributed by atoms with Gasteiger partial charge in [0.25, 0.3) is 0 Å². The molecule has 1 rings (SSSR count). The lowest BCUT2D eigenvalue weighted by Crippen LogP contribution is -1.99. The Morgan fingerprint density at radius 1 is 1.82 bits per heavy atom. The molecule has 0 atom stereocenters. The van der Waals surface area contributed by atoms with Crippen LogP contribution in [-0.4, -0.2) is 11.0 Å². The van der Waals surface area contributed by atoms with Gasteiger partial charge in [0.15, 0.2) is 0 Å². The SMILES string of the molecule is CC(=O)OCc1c[c]ccn1. The topological polar surface area (TPSA) is 39.2 Å². The molecule has 0 saturated heterocycles. The second-order valence-corrected chi connectivity index (χ2v) is 2.03. The van der Waals surface area contributed by atoms with Gasteiger partial charge < -0.3 is 4.74 Å². The van der Waals surface area contributed by atoms with Crippen LogP contribution < -0.4 is 0 Å². The highest BCUT2D eigenvalue weighted by molar-refractivity contribution is 5.65. The molecular formula is C8H8NO2. The minimum Gasteiger partial charge on any atom is -0.459 e. The number of rotatable bonds is 2. The molecule has 0 spiro atoms. The smallest absolute Gasteiger partial charge is 0.303 e. The molecule has 1 heterocycles. The number of ether oxygens (including phenoxy) is 1. The average molecular weight is 150 g/mol. The van der Waals surface area contributed by atoms with Gasteiger partial charge in [-0.2, -0.15) is 0 Å². The maximum Gasteiger partial charge on any atom is 0.303 e. The summed E-state index contributed by atoms with van der Waals surface area (Å²) in [6.07, 6.45) is 1.61. The Balaban J connectivity index is 2.45. The Hall–Kier alpha value is -1.38. The van der Waals surface area contributed by atoms with Gasteiger partial charge in [-0.15, -0.1) is 0 Å². The van der Waals surface area contributed by atoms with E-state index in [0.717, 1.165) is 0 Å². The highest BCUT2D eigenvalue weighted by atomic mass is 16.5. The van der Waals surface area contributed by atoms with Gasteiger partial charge in [-0.1, -0.05) is 0 Å². The Bertz CT molecular complexity index is 233. The molecule has 0 N–H and O–H groups in total. The molecule has 0 saturated carbocycles. The molecule has 0 aromatic carbocycles. The lowest BCUT2D eigenvalue weighted by Gasteiger charge is -1.98. The van der Waals surface area contributed by atoms with E-state index < -0.39 is 0 Å². The van der Waals surface area contributed by atoms with Crippen molar-refractivity contribution in [3.05, 3.63) is 30.1 Å². The first-order valence-electron chi connectivity index (χ1n) is 3.23. The number of nitrogens with zero attached hydrogens (tertiary/aromatic N) is 1. The van der Waals surface area contributed by atoms with Gasteiger partial charge >= 0.3 is 5.97 Å². The van der Waals surface area contributed by atoms with Crippen LogP contribution >= 0.6 is 0 Å². The Labute approximate surface area is 65.0 Å². The van der Waals surface area contributed by atoms with Crippen LogP contribution in [0.1, 0.15) is 12.6 Å². The first-order valence-corrected chi connectivity index (χ1v) is 3.23. The molecule has 3 nitrogen and oxygen atoms in total. The molecule has 0 unspecified atom stereocenters. The summed E-state index contributed by atoms with van der Waals surface area (Å²) >= 11 is 0. The fraction of sp³-hybridized carbons (Fsp3) is 0.250. The minimum atomic E-state index is -0.296. The van der Waals surface area contributed by atoms with Crippen LogP contribution in [0.3, 0.4) is 0 Å². The summed E-state index contributed by atoms with van der Waals surface area (Å²) in [4.78, 5) is 14.3. The van der Waals surface area contributed by atoms with E-state index in [4.69, 9.17) is 4.74 Å². The monoisotopic (exact) mass is 150 g/mol. The van der Waals surface area contributed by atoms with Crippen molar-refractivity contribution in [1.82, 2.24) is 4.98 Å². The van der Waals surface area contributed by atoms with Crippen molar-refractivity contribution in [2.45, 2.75) is 13.5 Å². The van der Waals surface area contributed by atoms with E-state index >= 15 is 0 Å². The number of hydrogen-bond donors (Lipinski definition) is 0. The predicted octanol–water partition coefficient (Wildman–Crippen LogP) is 0.945. The van der Waals surface area contributed by atoms with E-state index in [-0.39, 0.29) is 12.6 Å². The van der Waals surface area contributed by atoms with E-state index in [1.807, 2.05) is 0 Å². The van der Waals surface area contributed by atoms with E-state index in [1.165, 1.54) is 6.92 Å². The number of hydrogen-bond acceptors (Lipinski definition) is 3. The van der Waals surface area contributed by atoms with Crippen LogP contribution in [-0.2, 0) is 16.1 Å². The fourth-order valence-electron chi connectivity index (χ4n) is 0.612. The van der Waals surface area contributed by atoms with Gasteiger partial charge in [0.05, 0.1) is 5.69 Å². The van der Waals surface area contributed by atoms with E-state index in [0.29, 0.717) is 5.69 Å². The van der Waals surface area contributed by atoms with Crippen molar-refractivity contribution < 1.29 is 9.53 Å². The molecule has 1 aromatic heterocycles. The highest BCUT2D eigenvalue weighted by Gasteiger charge is 1.94. The van der Waals surface area contributed by atoms with Gasteiger partial charge in [0, 0.05) is 13.1 Å². The van der Waals surface area contributed by atoms with Gasteiger partial charge in [-0.3, -0.25) is 9.78 Å². The van der Waals surface area contributed by atoms with E-state index in [1.54, 1.807) is 18.3 Å². The third kappa shape index (κ3) is 2.80. The summed E-state index contributed by atoms with van der Waals surface area (Å²) in [5, 5.41) is 0. The van der Waals surface area contributed by atoms with Crippen LogP contribution in [0, 0.1) is 6.07 Å². The number of carbonyl (C=O) groups is 1.